The van der Waals surface area contributed by atoms with Crippen LogP contribution in [0.15, 0.2) is 30.7 Å². The smallest absolute Gasteiger partial charge is 0.230 e. The van der Waals surface area contributed by atoms with Gasteiger partial charge >= 0.3 is 0 Å². The molecule has 0 saturated heterocycles. The number of nitriles is 1. The van der Waals surface area contributed by atoms with Gasteiger partial charge in [-0.15, -0.1) is 0 Å². The monoisotopic (exact) mass is 355 g/mol. The highest BCUT2D eigenvalue weighted by atomic mass is 127. The van der Waals surface area contributed by atoms with Crippen LogP contribution in [0.3, 0.4) is 0 Å². The van der Waals surface area contributed by atoms with Crippen molar-refractivity contribution >= 4 is 22.6 Å². The van der Waals surface area contributed by atoms with E-state index < -0.39 is 5.82 Å². The highest BCUT2D eigenvalue weighted by Crippen LogP contribution is 2.18. The van der Waals surface area contributed by atoms with Crippen LogP contribution in [-0.2, 0) is 6.61 Å². The Kier molecular flexibility index (Phi) is 4.04. The van der Waals surface area contributed by atoms with Gasteiger partial charge < -0.3 is 4.74 Å². The maximum Gasteiger partial charge on any atom is 0.230 e. The van der Waals surface area contributed by atoms with Gasteiger partial charge in [0.1, 0.15) is 18.8 Å². The maximum absolute atomic E-state index is 13.6. The van der Waals surface area contributed by atoms with E-state index in [0.29, 0.717) is 11.4 Å². The van der Waals surface area contributed by atoms with E-state index in [9.17, 15) is 4.39 Å². The molecule has 0 spiro atoms. The summed E-state index contributed by atoms with van der Waals surface area (Å²) >= 11 is 2.04. The number of hydrogen-bond donors (Lipinski definition) is 0. The van der Waals surface area contributed by atoms with Crippen molar-refractivity contribution in [2.45, 2.75) is 6.61 Å². The Bertz CT molecular complexity index is 613. The first-order valence-corrected chi connectivity index (χ1v) is 6.05. The van der Waals surface area contributed by atoms with Gasteiger partial charge in [-0.1, -0.05) is 6.07 Å². The van der Waals surface area contributed by atoms with Crippen LogP contribution >= 0.6 is 22.6 Å². The van der Waals surface area contributed by atoms with E-state index in [2.05, 4.69) is 9.97 Å². The summed E-state index contributed by atoms with van der Waals surface area (Å²) in [4.78, 5) is 7.77. The summed E-state index contributed by atoms with van der Waals surface area (Å²) in [7, 11) is 0. The third-order valence-electron chi connectivity index (χ3n) is 2.18. The second kappa shape index (κ2) is 5.73. The number of benzene rings is 1. The lowest BCUT2D eigenvalue weighted by molar-refractivity contribution is 0.285. The number of rotatable bonds is 3. The number of aromatic nitrogens is 2. The molecule has 0 aliphatic carbocycles. The Morgan fingerprint density at radius 2 is 2.28 bits per heavy atom. The van der Waals surface area contributed by atoms with Crippen LogP contribution in [0.5, 0.6) is 5.88 Å². The lowest BCUT2D eigenvalue weighted by atomic mass is 10.1. The Morgan fingerprint density at radius 1 is 1.44 bits per heavy atom. The first-order chi connectivity index (χ1) is 8.70. The fourth-order valence-electron chi connectivity index (χ4n) is 1.29. The summed E-state index contributed by atoms with van der Waals surface area (Å²) in [6.07, 6.45) is 2.98. The van der Waals surface area contributed by atoms with Crippen molar-refractivity contribution in [3.63, 3.8) is 0 Å². The lowest BCUT2D eigenvalue weighted by Gasteiger charge is -2.07. The van der Waals surface area contributed by atoms with Crippen LogP contribution in [0.2, 0.25) is 0 Å². The quantitative estimate of drug-likeness (QED) is 0.795. The van der Waals surface area contributed by atoms with Crippen molar-refractivity contribution in [1.29, 1.82) is 5.26 Å². The van der Waals surface area contributed by atoms with Gasteiger partial charge in [0.15, 0.2) is 0 Å². The van der Waals surface area contributed by atoms with Crippen molar-refractivity contribution in [1.82, 2.24) is 9.97 Å². The standard InChI is InChI=1S/C12H7FIN3O/c13-10-3-8(4-15)1-2-9(10)6-18-12-11(14)5-16-7-17-12/h1-3,5,7H,6H2. The van der Waals surface area contributed by atoms with Crippen LogP contribution in [0.25, 0.3) is 0 Å². The van der Waals surface area contributed by atoms with Gasteiger partial charge in [0.25, 0.3) is 0 Å². The molecule has 0 aliphatic heterocycles. The molecule has 4 nitrogen and oxygen atoms in total. The van der Waals surface area contributed by atoms with Gasteiger partial charge in [0.05, 0.1) is 15.2 Å². The lowest BCUT2D eigenvalue weighted by Crippen LogP contribution is -2.01. The molecule has 0 atom stereocenters. The fraction of sp³-hybridized carbons (Fsp3) is 0.0833. The molecular formula is C12H7FIN3O. The second-order valence-electron chi connectivity index (χ2n) is 3.38. The Balaban J connectivity index is 2.12. The summed E-state index contributed by atoms with van der Waals surface area (Å²) in [6, 6.07) is 6.14. The number of hydrogen-bond acceptors (Lipinski definition) is 4. The first kappa shape index (κ1) is 12.7. The fourth-order valence-corrected chi connectivity index (χ4v) is 1.74. The molecule has 2 rings (SSSR count). The van der Waals surface area contributed by atoms with Crippen molar-refractivity contribution in [2.24, 2.45) is 0 Å². The minimum atomic E-state index is -0.460. The van der Waals surface area contributed by atoms with E-state index in [1.807, 2.05) is 28.7 Å². The summed E-state index contributed by atoms with van der Waals surface area (Å²) < 4.78 is 19.7. The van der Waals surface area contributed by atoms with E-state index in [1.54, 1.807) is 12.3 Å². The van der Waals surface area contributed by atoms with Gasteiger partial charge in [-0.25, -0.2) is 14.4 Å². The topological polar surface area (TPSA) is 58.8 Å². The average molecular weight is 355 g/mol. The molecule has 0 fully saturated rings. The molecule has 0 bridgehead atoms. The summed E-state index contributed by atoms with van der Waals surface area (Å²) in [6.45, 7) is 0.0601. The van der Waals surface area contributed by atoms with Crippen LogP contribution in [0, 0.1) is 20.7 Å². The molecule has 2 aromatic rings. The zero-order chi connectivity index (χ0) is 13.0. The third kappa shape index (κ3) is 2.92. The zero-order valence-corrected chi connectivity index (χ0v) is 11.3. The molecule has 0 aliphatic rings. The van der Waals surface area contributed by atoms with E-state index in [1.165, 1.54) is 18.5 Å². The molecule has 0 amide bonds. The van der Waals surface area contributed by atoms with Gasteiger partial charge in [-0.3, -0.25) is 0 Å². The molecule has 18 heavy (non-hydrogen) atoms. The van der Waals surface area contributed by atoms with Crippen LogP contribution in [-0.4, -0.2) is 9.97 Å². The molecule has 90 valence electrons. The zero-order valence-electron chi connectivity index (χ0n) is 9.10. The summed E-state index contributed by atoms with van der Waals surface area (Å²) in [5.74, 6) is -0.0486. The van der Waals surface area contributed by atoms with E-state index in [0.717, 1.165) is 3.57 Å². The molecule has 1 aromatic carbocycles. The Labute approximate surface area is 117 Å². The summed E-state index contributed by atoms with van der Waals surface area (Å²) in [5, 5.41) is 8.63. The van der Waals surface area contributed by atoms with Gasteiger partial charge in [0, 0.05) is 11.8 Å². The van der Waals surface area contributed by atoms with Crippen molar-refractivity contribution in [3.05, 3.63) is 51.2 Å². The molecule has 6 heteroatoms. The second-order valence-corrected chi connectivity index (χ2v) is 4.54. The van der Waals surface area contributed by atoms with Crippen LogP contribution < -0.4 is 4.74 Å². The predicted octanol–water partition coefficient (Wildman–Crippen LogP) is 2.67. The largest absolute Gasteiger partial charge is 0.472 e. The van der Waals surface area contributed by atoms with E-state index >= 15 is 0 Å². The predicted molar refractivity (Wildman–Crippen MR) is 70.2 cm³/mol. The molecule has 0 unspecified atom stereocenters. The Hall–Kier alpha value is -1.75. The normalized spacial score (nSPS) is 9.83. The van der Waals surface area contributed by atoms with Crippen molar-refractivity contribution in [2.75, 3.05) is 0 Å². The highest BCUT2D eigenvalue weighted by Gasteiger charge is 2.07. The number of halogens is 2. The van der Waals surface area contributed by atoms with Crippen LogP contribution in [0.4, 0.5) is 4.39 Å². The van der Waals surface area contributed by atoms with Gasteiger partial charge in [-0.05, 0) is 34.7 Å². The molecule has 0 radical (unpaired) electrons. The van der Waals surface area contributed by atoms with Crippen LogP contribution in [0.1, 0.15) is 11.1 Å². The number of nitrogens with zero attached hydrogens (tertiary/aromatic N) is 3. The maximum atomic E-state index is 13.6. The average Bonchev–Trinajstić information content (AvgIpc) is 2.39. The minimum absolute atomic E-state index is 0.0601. The van der Waals surface area contributed by atoms with Crippen molar-refractivity contribution < 1.29 is 9.13 Å². The minimum Gasteiger partial charge on any atom is -0.472 e. The summed E-state index contributed by atoms with van der Waals surface area (Å²) in [5.41, 5.74) is 0.663. The first-order valence-electron chi connectivity index (χ1n) is 4.97. The third-order valence-corrected chi connectivity index (χ3v) is 2.92. The Morgan fingerprint density at radius 3 is 2.94 bits per heavy atom. The molecule has 1 aromatic heterocycles. The number of ether oxygens (including phenoxy) is 1. The van der Waals surface area contributed by atoms with Gasteiger partial charge in [0.2, 0.25) is 5.88 Å². The molecule has 0 saturated carbocycles. The molecule has 1 heterocycles. The van der Waals surface area contributed by atoms with Crippen molar-refractivity contribution in [3.8, 4) is 11.9 Å². The SMILES string of the molecule is N#Cc1ccc(COc2ncncc2I)c(F)c1. The van der Waals surface area contributed by atoms with E-state index in [4.69, 9.17) is 10.00 Å². The molecule has 0 N–H and O–H groups in total. The van der Waals surface area contributed by atoms with E-state index in [-0.39, 0.29) is 12.2 Å². The molecular weight excluding hydrogens is 348 g/mol. The van der Waals surface area contributed by atoms with Gasteiger partial charge in [-0.2, -0.15) is 5.26 Å². The highest BCUT2D eigenvalue weighted by molar-refractivity contribution is 14.1.